The van der Waals surface area contributed by atoms with Crippen LogP contribution in [0.1, 0.15) is 16.1 Å². The fourth-order valence-electron chi connectivity index (χ4n) is 4.28. The zero-order valence-corrected chi connectivity index (χ0v) is 20.9. The molecule has 11 heteroatoms. The van der Waals surface area contributed by atoms with Crippen LogP contribution < -0.4 is 14.8 Å². The second kappa shape index (κ2) is 10.4. The first kappa shape index (κ1) is 24.5. The van der Waals surface area contributed by atoms with Gasteiger partial charge in [0.1, 0.15) is 12.4 Å². The Kier molecular flexibility index (Phi) is 7.08. The van der Waals surface area contributed by atoms with Gasteiger partial charge in [-0.1, -0.05) is 41.9 Å². The van der Waals surface area contributed by atoms with Gasteiger partial charge in [-0.25, -0.2) is 9.18 Å². The molecule has 2 aliphatic heterocycles. The first-order chi connectivity index (χ1) is 17.4. The molecule has 36 heavy (non-hydrogen) atoms. The van der Waals surface area contributed by atoms with E-state index < -0.39 is 11.7 Å². The Morgan fingerprint density at radius 3 is 2.83 bits per heavy atom. The quantitative estimate of drug-likeness (QED) is 0.476. The maximum Gasteiger partial charge on any atom is 0.410 e. The van der Waals surface area contributed by atoms with Gasteiger partial charge in [-0.05, 0) is 35.7 Å². The molecule has 0 aliphatic carbocycles. The van der Waals surface area contributed by atoms with Crippen LogP contribution in [-0.2, 0) is 18.4 Å². The van der Waals surface area contributed by atoms with Crippen LogP contribution in [0.15, 0.2) is 59.6 Å². The molecule has 1 aromatic heterocycles. The van der Waals surface area contributed by atoms with E-state index in [1.165, 1.54) is 30.1 Å². The average molecular weight is 531 g/mol. The van der Waals surface area contributed by atoms with Crippen molar-refractivity contribution in [1.82, 2.24) is 14.2 Å². The van der Waals surface area contributed by atoms with Gasteiger partial charge in [-0.2, -0.15) is 0 Å². The summed E-state index contributed by atoms with van der Waals surface area (Å²) in [5.41, 5.74) is 1.63. The van der Waals surface area contributed by atoms with E-state index in [4.69, 9.17) is 21.1 Å². The predicted octanol–water partition coefficient (Wildman–Crippen LogP) is 4.70. The molecule has 5 rings (SSSR count). The maximum atomic E-state index is 13.5. The van der Waals surface area contributed by atoms with Crippen LogP contribution in [0.2, 0.25) is 5.02 Å². The number of benzene rings is 2. The molecule has 2 amide bonds. The number of amides is 2. The molecule has 1 saturated heterocycles. The van der Waals surface area contributed by atoms with Crippen LogP contribution >= 0.6 is 23.5 Å². The molecule has 2 N–H and O–H groups in total. The third-order valence-corrected chi connectivity index (χ3v) is 7.38. The SMILES string of the molecule is Cn1cc2c(c1C(=O)Nc1ccc(F)c(Cl)c1)OC[C@@H]1CN(C(=O)OCc3ccccc3)C[C@@H]1NS2. The van der Waals surface area contributed by atoms with Gasteiger partial charge in [0.05, 0.1) is 16.5 Å². The summed E-state index contributed by atoms with van der Waals surface area (Å²) in [5.74, 6) is -0.503. The number of carbonyl (C=O) groups excluding carboxylic acids is 2. The fraction of sp³-hybridized carbons (Fsp3) is 0.280. The molecule has 3 aromatic rings. The van der Waals surface area contributed by atoms with E-state index in [2.05, 4.69) is 10.0 Å². The van der Waals surface area contributed by atoms with E-state index in [-0.39, 0.29) is 29.7 Å². The molecular weight excluding hydrogens is 507 g/mol. The minimum atomic E-state index is -0.562. The minimum absolute atomic E-state index is 0.00580. The molecule has 2 aliphatic rings. The van der Waals surface area contributed by atoms with Crippen molar-refractivity contribution in [3.05, 3.63) is 76.8 Å². The molecule has 0 saturated carbocycles. The summed E-state index contributed by atoms with van der Waals surface area (Å²) in [5, 5.41) is 2.67. The maximum absolute atomic E-state index is 13.5. The van der Waals surface area contributed by atoms with Gasteiger partial charge in [0, 0.05) is 44.0 Å². The number of carbonyl (C=O) groups is 2. The lowest BCUT2D eigenvalue weighted by atomic mass is 10.1. The number of hydrogen-bond acceptors (Lipinski definition) is 6. The topological polar surface area (TPSA) is 84.8 Å². The smallest absolute Gasteiger partial charge is 0.410 e. The predicted molar refractivity (Wildman–Crippen MR) is 135 cm³/mol. The Morgan fingerprint density at radius 2 is 2.06 bits per heavy atom. The van der Waals surface area contributed by atoms with Crippen molar-refractivity contribution in [2.45, 2.75) is 17.5 Å². The van der Waals surface area contributed by atoms with Crippen LogP contribution in [0.25, 0.3) is 0 Å². The zero-order valence-electron chi connectivity index (χ0n) is 19.4. The Bertz CT molecular complexity index is 1290. The summed E-state index contributed by atoms with van der Waals surface area (Å²) >= 11 is 7.20. The van der Waals surface area contributed by atoms with Gasteiger partial charge in [-0.15, -0.1) is 0 Å². The molecule has 3 heterocycles. The summed E-state index contributed by atoms with van der Waals surface area (Å²) in [6.45, 7) is 1.51. The monoisotopic (exact) mass is 530 g/mol. The third-order valence-electron chi connectivity index (χ3n) is 6.16. The summed E-state index contributed by atoms with van der Waals surface area (Å²) in [6.07, 6.45) is 1.44. The molecule has 8 nitrogen and oxygen atoms in total. The number of aryl methyl sites for hydroxylation is 1. The van der Waals surface area contributed by atoms with Crippen molar-refractivity contribution >= 4 is 41.2 Å². The number of nitrogens with zero attached hydrogens (tertiary/aromatic N) is 2. The highest BCUT2D eigenvalue weighted by molar-refractivity contribution is 7.97. The first-order valence-electron chi connectivity index (χ1n) is 11.4. The number of fused-ring (bicyclic) bond motifs is 2. The number of rotatable bonds is 4. The van der Waals surface area contributed by atoms with Crippen molar-refractivity contribution in [3.8, 4) is 5.75 Å². The average Bonchev–Trinajstić information content (AvgIpc) is 3.41. The molecule has 0 radical (unpaired) electrons. The third kappa shape index (κ3) is 5.16. The van der Waals surface area contributed by atoms with Gasteiger partial charge >= 0.3 is 6.09 Å². The van der Waals surface area contributed by atoms with Crippen LogP contribution in [-0.4, -0.2) is 47.2 Å². The lowest BCUT2D eigenvalue weighted by Crippen LogP contribution is -2.36. The summed E-state index contributed by atoms with van der Waals surface area (Å²) in [6, 6.07) is 13.5. The zero-order chi connectivity index (χ0) is 25.2. The standard InChI is InChI=1S/C25H24ClFN4O4S/c1-30-12-21-23(22(30)24(32)28-17-7-8-19(27)18(26)9-17)34-14-16-10-31(11-20(16)29-36-21)25(33)35-13-15-5-3-2-4-6-15/h2-9,12,16,20,29H,10-11,13-14H2,1H3,(H,28,32)/t16-,20-/m0/s1. The summed E-state index contributed by atoms with van der Waals surface area (Å²) < 4.78 is 30.2. The van der Waals surface area contributed by atoms with E-state index in [0.717, 1.165) is 10.5 Å². The van der Waals surface area contributed by atoms with Crippen molar-refractivity contribution < 1.29 is 23.5 Å². The minimum Gasteiger partial charge on any atom is -0.489 e. The number of anilines is 1. The highest BCUT2D eigenvalue weighted by atomic mass is 35.5. The molecule has 2 atom stereocenters. The Hall–Kier alpha value is -3.21. The van der Waals surface area contributed by atoms with E-state index in [9.17, 15) is 14.0 Å². The van der Waals surface area contributed by atoms with Crippen LogP contribution in [0, 0.1) is 11.7 Å². The normalized spacial score (nSPS) is 18.9. The molecule has 0 unspecified atom stereocenters. The summed E-state index contributed by atoms with van der Waals surface area (Å²) in [4.78, 5) is 28.2. The van der Waals surface area contributed by atoms with Crippen LogP contribution in [0.5, 0.6) is 5.75 Å². The largest absolute Gasteiger partial charge is 0.489 e. The molecule has 1 fully saturated rings. The van der Waals surface area contributed by atoms with Crippen molar-refractivity contribution in [1.29, 1.82) is 0 Å². The van der Waals surface area contributed by atoms with Gasteiger partial charge < -0.3 is 24.3 Å². The molecule has 2 aromatic carbocycles. The van der Waals surface area contributed by atoms with E-state index in [0.29, 0.717) is 36.8 Å². The second-order valence-corrected chi connectivity index (χ2v) is 9.99. The number of hydrogen-bond donors (Lipinski definition) is 2. The lowest BCUT2D eigenvalue weighted by molar-refractivity contribution is 0.101. The van der Waals surface area contributed by atoms with E-state index in [1.807, 2.05) is 30.3 Å². The van der Waals surface area contributed by atoms with Gasteiger partial charge in [0.25, 0.3) is 5.91 Å². The second-order valence-electron chi connectivity index (χ2n) is 8.71. The number of nitrogens with one attached hydrogen (secondary N) is 2. The van der Waals surface area contributed by atoms with E-state index >= 15 is 0 Å². The molecule has 188 valence electrons. The number of likely N-dealkylation sites (tertiary alicyclic amines) is 1. The lowest BCUT2D eigenvalue weighted by Gasteiger charge is -2.23. The van der Waals surface area contributed by atoms with E-state index in [1.54, 1.807) is 22.7 Å². The molecule has 0 bridgehead atoms. The van der Waals surface area contributed by atoms with Crippen LogP contribution in [0.4, 0.5) is 14.9 Å². The Balaban J connectivity index is 1.24. The van der Waals surface area contributed by atoms with Gasteiger partial charge in [0.2, 0.25) is 0 Å². The van der Waals surface area contributed by atoms with Crippen molar-refractivity contribution in [2.24, 2.45) is 13.0 Å². The Labute approximate surface area is 216 Å². The number of aromatic nitrogens is 1. The number of halogens is 2. The summed E-state index contributed by atoms with van der Waals surface area (Å²) in [7, 11) is 1.76. The highest BCUT2D eigenvalue weighted by Crippen LogP contribution is 2.37. The fourth-order valence-corrected chi connectivity index (χ4v) is 5.46. The number of ether oxygens (including phenoxy) is 2. The van der Waals surface area contributed by atoms with Gasteiger partial charge in [0.15, 0.2) is 11.4 Å². The van der Waals surface area contributed by atoms with Crippen LogP contribution in [0.3, 0.4) is 0 Å². The first-order valence-corrected chi connectivity index (χ1v) is 12.5. The van der Waals surface area contributed by atoms with Crippen molar-refractivity contribution in [3.63, 3.8) is 0 Å². The Morgan fingerprint density at radius 1 is 1.25 bits per heavy atom. The molecular formula is C25H24ClFN4O4S. The molecule has 0 spiro atoms. The van der Waals surface area contributed by atoms with Crippen molar-refractivity contribution in [2.75, 3.05) is 25.0 Å². The highest BCUT2D eigenvalue weighted by Gasteiger charge is 2.39. The van der Waals surface area contributed by atoms with Gasteiger partial charge in [-0.3, -0.25) is 9.52 Å².